The molecule has 20 heavy (non-hydrogen) atoms. The van der Waals surface area contributed by atoms with Crippen molar-refractivity contribution < 1.29 is 5.11 Å². The highest BCUT2D eigenvalue weighted by molar-refractivity contribution is 4.79. The number of rotatable bonds is 7. The van der Waals surface area contributed by atoms with Gasteiger partial charge in [-0.1, -0.05) is 39.5 Å². The first-order valence-corrected chi connectivity index (χ1v) is 8.77. The highest BCUT2D eigenvalue weighted by atomic mass is 16.3. The summed E-state index contributed by atoms with van der Waals surface area (Å²) in [7, 11) is 0. The number of hydrogen-bond acceptors (Lipinski definition) is 3. The molecule has 1 saturated carbocycles. The van der Waals surface area contributed by atoms with Crippen LogP contribution >= 0.6 is 0 Å². The highest BCUT2D eigenvalue weighted by Crippen LogP contribution is 2.29. The average molecular weight is 282 g/mol. The number of nitrogens with zero attached hydrogens (tertiary/aromatic N) is 1. The Morgan fingerprint density at radius 3 is 2.50 bits per heavy atom. The fraction of sp³-hybridized carbons (Fsp3) is 1.00. The molecule has 1 heterocycles. The zero-order valence-electron chi connectivity index (χ0n) is 13.5. The lowest BCUT2D eigenvalue weighted by molar-refractivity contribution is 0.0687. The van der Waals surface area contributed by atoms with E-state index < -0.39 is 0 Å². The minimum absolute atomic E-state index is 0.102. The van der Waals surface area contributed by atoms with E-state index in [2.05, 4.69) is 24.1 Å². The molecule has 3 nitrogen and oxygen atoms in total. The SMILES string of the molecule is CC(C)NCC1CCCN(CC(O)CC2CCCC2)C1. The zero-order valence-corrected chi connectivity index (χ0v) is 13.5. The van der Waals surface area contributed by atoms with Gasteiger partial charge < -0.3 is 15.3 Å². The maximum Gasteiger partial charge on any atom is 0.0669 e. The van der Waals surface area contributed by atoms with Crippen molar-refractivity contribution in [3.63, 3.8) is 0 Å². The van der Waals surface area contributed by atoms with Crippen LogP contribution in [0.25, 0.3) is 0 Å². The van der Waals surface area contributed by atoms with E-state index in [4.69, 9.17) is 0 Å². The van der Waals surface area contributed by atoms with Gasteiger partial charge >= 0.3 is 0 Å². The van der Waals surface area contributed by atoms with E-state index in [-0.39, 0.29) is 6.10 Å². The number of hydrogen-bond donors (Lipinski definition) is 2. The Morgan fingerprint density at radius 2 is 1.80 bits per heavy atom. The van der Waals surface area contributed by atoms with Crippen molar-refractivity contribution in [2.75, 3.05) is 26.2 Å². The third-order valence-electron chi connectivity index (χ3n) is 4.97. The van der Waals surface area contributed by atoms with E-state index in [1.807, 2.05) is 0 Å². The number of likely N-dealkylation sites (tertiary alicyclic amines) is 1. The minimum Gasteiger partial charge on any atom is -0.392 e. The van der Waals surface area contributed by atoms with Crippen molar-refractivity contribution in [1.82, 2.24) is 10.2 Å². The summed E-state index contributed by atoms with van der Waals surface area (Å²) in [4.78, 5) is 2.50. The van der Waals surface area contributed by atoms with Gasteiger partial charge in [0.1, 0.15) is 0 Å². The molecule has 2 fully saturated rings. The maximum absolute atomic E-state index is 10.3. The largest absolute Gasteiger partial charge is 0.392 e. The lowest BCUT2D eigenvalue weighted by atomic mass is 9.96. The molecule has 1 aliphatic heterocycles. The van der Waals surface area contributed by atoms with Crippen molar-refractivity contribution in [3.8, 4) is 0 Å². The normalized spacial score (nSPS) is 27.3. The number of aliphatic hydroxyl groups is 1. The summed E-state index contributed by atoms with van der Waals surface area (Å²) in [5, 5.41) is 13.9. The first-order valence-electron chi connectivity index (χ1n) is 8.77. The standard InChI is InChI=1S/C17H34N2O/c1-14(2)18-11-16-8-5-9-19(12-16)13-17(20)10-15-6-3-4-7-15/h14-18,20H,3-13H2,1-2H3. The van der Waals surface area contributed by atoms with Crippen LogP contribution in [0.15, 0.2) is 0 Å². The van der Waals surface area contributed by atoms with Gasteiger partial charge in [-0.3, -0.25) is 0 Å². The zero-order chi connectivity index (χ0) is 14.4. The summed E-state index contributed by atoms with van der Waals surface area (Å²) in [6.07, 6.45) is 9.01. The van der Waals surface area contributed by atoms with E-state index in [9.17, 15) is 5.11 Å². The molecule has 1 aliphatic carbocycles. The van der Waals surface area contributed by atoms with Gasteiger partial charge in [-0.05, 0) is 44.2 Å². The van der Waals surface area contributed by atoms with Crippen molar-refractivity contribution in [2.24, 2.45) is 11.8 Å². The van der Waals surface area contributed by atoms with Gasteiger partial charge in [-0.15, -0.1) is 0 Å². The third kappa shape index (κ3) is 5.71. The second kappa shape index (κ2) is 8.35. The first kappa shape index (κ1) is 16.3. The molecule has 2 rings (SSSR count). The maximum atomic E-state index is 10.3. The molecule has 0 aromatic rings. The molecule has 3 heteroatoms. The van der Waals surface area contributed by atoms with E-state index in [0.717, 1.165) is 31.3 Å². The summed E-state index contributed by atoms with van der Waals surface area (Å²) in [6, 6.07) is 0.582. The molecule has 1 saturated heterocycles. The molecule has 0 bridgehead atoms. The lowest BCUT2D eigenvalue weighted by Crippen LogP contribution is -2.44. The van der Waals surface area contributed by atoms with Gasteiger partial charge in [0.2, 0.25) is 0 Å². The second-order valence-electron chi connectivity index (χ2n) is 7.37. The van der Waals surface area contributed by atoms with Crippen LogP contribution < -0.4 is 5.32 Å². The molecule has 0 aromatic carbocycles. The molecule has 0 aromatic heterocycles. The van der Waals surface area contributed by atoms with Gasteiger partial charge in [-0.2, -0.15) is 0 Å². The van der Waals surface area contributed by atoms with Gasteiger partial charge in [0, 0.05) is 19.1 Å². The van der Waals surface area contributed by atoms with E-state index in [1.165, 1.54) is 51.6 Å². The van der Waals surface area contributed by atoms with Crippen LogP contribution in [0.3, 0.4) is 0 Å². The van der Waals surface area contributed by atoms with Crippen molar-refractivity contribution in [2.45, 2.75) is 70.9 Å². The van der Waals surface area contributed by atoms with E-state index >= 15 is 0 Å². The van der Waals surface area contributed by atoms with Crippen LogP contribution in [-0.2, 0) is 0 Å². The molecular formula is C17H34N2O. The molecule has 2 N–H and O–H groups in total. The number of nitrogens with one attached hydrogen (secondary N) is 1. The topological polar surface area (TPSA) is 35.5 Å². The second-order valence-corrected chi connectivity index (χ2v) is 7.37. The highest BCUT2D eigenvalue weighted by Gasteiger charge is 2.24. The Labute approximate surface area is 125 Å². The van der Waals surface area contributed by atoms with Gasteiger partial charge in [-0.25, -0.2) is 0 Å². The molecule has 2 atom stereocenters. The summed E-state index contributed by atoms with van der Waals surface area (Å²) in [5.41, 5.74) is 0. The van der Waals surface area contributed by atoms with Crippen LogP contribution in [0.1, 0.15) is 58.8 Å². The number of β-amino-alcohol motifs (C(OH)–C–C–N with tert-alkyl or cyclic N) is 1. The summed E-state index contributed by atoms with van der Waals surface area (Å²) < 4.78 is 0. The van der Waals surface area contributed by atoms with Crippen LogP contribution in [0, 0.1) is 11.8 Å². The van der Waals surface area contributed by atoms with Gasteiger partial charge in [0.15, 0.2) is 0 Å². The summed E-state index contributed by atoms with van der Waals surface area (Å²) >= 11 is 0. The molecule has 0 amide bonds. The van der Waals surface area contributed by atoms with Crippen LogP contribution in [0.5, 0.6) is 0 Å². The predicted molar refractivity (Wildman–Crippen MR) is 84.9 cm³/mol. The molecule has 2 aliphatic rings. The number of piperidine rings is 1. The smallest absolute Gasteiger partial charge is 0.0669 e. The first-order chi connectivity index (χ1) is 9.63. The Morgan fingerprint density at radius 1 is 1.10 bits per heavy atom. The lowest BCUT2D eigenvalue weighted by Gasteiger charge is -2.34. The van der Waals surface area contributed by atoms with Crippen LogP contribution in [0.2, 0.25) is 0 Å². The Hall–Kier alpha value is -0.120. The fourth-order valence-electron chi connectivity index (χ4n) is 3.89. The number of aliphatic hydroxyl groups excluding tert-OH is 1. The predicted octanol–water partition coefficient (Wildman–Crippen LogP) is 2.64. The van der Waals surface area contributed by atoms with Gasteiger partial charge in [0.05, 0.1) is 6.10 Å². The van der Waals surface area contributed by atoms with Crippen molar-refractivity contribution in [1.29, 1.82) is 0 Å². The van der Waals surface area contributed by atoms with Crippen LogP contribution in [0.4, 0.5) is 0 Å². The quantitative estimate of drug-likeness (QED) is 0.753. The Bertz CT molecular complexity index is 264. The molecular weight excluding hydrogens is 248 g/mol. The van der Waals surface area contributed by atoms with Crippen molar-refractivity contribution in [3.05, 3.63) is 0 Å². The molecule has 118 valence electrons. The molecule has 2 unspecified atom stereocenters. The molecule has 0 spiro atoms. The van der Waals surface area contributed by atoms with Crippen molar-refractivity contribution >= 4 is 0 Å². The minimum atomic E-state index is -0.102. The van der Waals surface area contributed by atoms with E-state index in [1.54, 1.807) is 0 Å². The summed E-state index contributed by atoms with van der Waals surface area (Å²) in [5.74, 6) is 1.57. The summed E-state index contributed by atoms with van der Waals surface area (Å²) in [6.45, 7) is 8.81. The monoisotopic (exact) mass is 282 g/mol. The Kier molecular flexibility index (Phi) is 6.79. The van der Waals surface area contributed by atoms with Crippen LogP contribution in [-0.4, -0.2) is 48.3 Å². The molecule has 0 radical (unpaired) electrons. The third-order valence-corrected chi connectivity index (χ3v) is 4.97. The van der Waals surface area contributed by atoms with E-state index in [0.29, 0.717) is 6.04 Å². The van der Waals surface area contributed by atoms with Gasteiger partial charge in [0.25, 0.3) is 0 Å². The average Bonchev–Trinajstić information content (AvgIpc) is 2.89. The Balaban J connectivity index is 1.66. The fourth-order valence-corrected chi connectivity index (χ4v) is 3.89.